The van der Waals surface area contributed by atoms with E-state index in [1.165, 1.54) is 7.05 Å². The van der Waals surface area contributed by atoms with Crippen LogP contribution in [0.25, 0.3) is 0 Å². The van der Waals surface area contributed by atoms with Crippen LogP contribution in [0.15, 0.2) is 0 Å². The van der Waals surface area contributed by atoms with Crippen LogP contribution in [-0.4, -0.2) is 56.8 Å². The lowest BCUT2D eigenvalue weighted by molar-refractivity contribution is 0.588. The van der Waals surface area contributed by atoms with E-state index in [1.807, 2.05) is 27.9 Å². The Morgan fingerprint density at radius 2 is 1.85 bits per heavy atom. The fourth-order valence-electron chi connectivity index (χ4n) is 1.32. The highest BCUT2D eigenvalue weighted by molar-refractivity contribution is 7.89. The first-order valence-electron chi connectivity index (χ1n) is 6.33. The second kappa shape index (κ2) is 6.80. The molecule has 1 aromatic heterocycles. The molecular formula is C11H22N6O2S. The monoisotopic (exact) mass is 302 g/mol. The van der Waals surface area contributed by atoms with Gasteiger partial charge in [-0.15, -0.1) is 0 Å². The molecular weight excluding hydrogens is 280 g/mol. The topological polar surface area (TPSA) is 100 Å². The van der Waals surface area contributed by atoms with Gasteiger partial charge < -0.3 is 10.2 Å². The molecule has 0 saturated carbocycles. The number of hydrogen-bond acceptors (Lipinski definition) is 7. The van der Waals surface area contributed by atoms with Crippen LogP contribution < -0.4 is 14.9 Å². The summed E-state index contributed by atoms with van der Waals surface area (Å²) < 4.78 is 24.9. The van der Waals surface area contributed by atoms with Gasteiger partial charge in [-0.1, -0.05) is 13.8 Å². The predicted octanol–water partition coefficient (Wildman–Crippen LogP) is 0.0221. The number of aromatic nitrogens is 3. The number of nitrogens with one attached hydrogen (secondary N) is 2. The molecule has 0 amide bonds. The molecule has 0 atom stereocenters. The van der Waals surface area contributed by atoms with Crippen LogP contribution in [0, 0.1) is 0 Å². The third kappa shape index (κ3) is 4.89. The van der Waals surface area contributed by atoms with Gasteiger partial charge in [0.15, 0.2) is 0 Å². The van der Waals surface area contributed by atoms with Gasteiger partial charge in [-0.25, -0.2) is 13.1 Å². The van der Waals surface area contributed by atoms with Gasteiger partial charge in [0.2, 0.25) is 21.9 Å². The van der Waals surface area contributed by atoms with E-state index < -0.39 is 10.0 Å². The van der Waals surface area contributed by atoms with E-state index >= 15 is 0 Å². The molecule has 0 aliphatic heterocycles. The van der Waals surface area contributed by atoms with E-state index in [0.717, 1.165) is 0 Å². The van der Waals surface area contributed by atoms with Crippen molar-refractivity contribution in [1.82, 2.24) is 19.7 Å². The molecule has 9 heteroatoms. The lowest BCUT2D eigenvalue weighted by atomic mass is 10.2. The molecule has 0 spiro atoms. The zero-order valence-electron chi connectivity index (χ0n) is 12.5. The van der Waals surface area contributed by atoms with E-state index in [4.69, 9.17) is 0 Å². The molecule has 1 rings (SSSR count). The van der Waals surface area contributed by atoms with Gasteiger partial charge in [0.05, 0.1) is 5.75 Å². The van der Waals surface area contributed by atoms with Crippen molar-refractivity contribution in [2.75, 3.05) is 43.7 Å². The number of sulfonamides is 1. The minimum atomic E-state index is -3.24. The quantitative estimate of drug-likeness (QED) is 0.732. The third-order valence-corrected chi connectivity index (χ3v) is 3.89. The van der Waals surface area contributed by atoms with E-state index in [2.05, 4.69) is 25.0 Å². The van der Waals surface area contributed by atoms with E-state index in [0.29, 0.717) is 17.7 Å². The van der Waals surface area contributed by atoms with Crippen LogP contribution in [0.2, 0.25) is 0 Å². The fraction of sp³-hybridized carbons (Fsp3) is 0.727. The largest absolute Gasteiger partial charge is 0.353 e. The van der Waals surface area contributed by atoms with Gasteiger partial charge in [-0.3, -0.25) is 0 Å². The molecule has 0 aromatic carbocycles. The van der Waals surface area contributed by atoms with Crippen molar-refractivity contribution in [2.45, 2.75) is 19.8 Å². The Kier molecular flexibility index (Phi) is 5.63. The van der Waals surface area contributed by atoms with Crippen molar-refractivity contribution in [1.29, 1.82) is 0 Å². The summed E-state index contributed by atoms with van der Waals surface area (Å²) in [6.07, 6.45) is 0. The van der Waals surface area contributed by atoms with Gasteiger partial charge in [0, 0.05) is 26.6 Å². The van der Waals surface area contributed by atoms with Crippen LogP contribution in [0.3, 0.4) is 0 Å². The molecule has 2 N–H and O–H groups in total. The third-order valence-electron chi connectivity index (χ3n) is 2.52. The van der Waals surface area contributed by atoms with Crippen LogP contribution in [-0.2, 0) is 10.0 Å². The molecule has 8 nitrogen and oxygen atoms in total. The summed E-state index contributed by atoms with van der Waals surface area (Å²) in [4.78, 5) is 14.6. The summed E-state index contributed by atoms with van der Waals surface area (Å²) in [6, 6.07) is 0. The van der Waals surface area contributed by atoms with Gasteiger partial charge in [-0.05, 0) is 7.05 Å². The fourth-order valence-corrected chi connectivity index (χ4v) is 1.89. The van der Waals surface area contributed by atoms with E-state index in [9.17, 15) is 8.42 Å². The SMILES string of the molecule is CNS(=O)(=O)CCNc1nc(C(C)C)nc(N(C)C)n1. The van der Waals surface area contributed by atoms with Crippen molar-refractivity contribution >= 4 is 21.9 Å². The molecule has 0 bridgehead atoms. The van der Waals surface area contributed by atoms with Crippen LogP contribution in [0.1, 0.15) is 25.6 Å². The molecule has 0 unspecified atom stereocenters. The summed E-state index contributed by atoms with van der Waals surface area (Å²) in [7, 11) is 1.84. The predicted molar refractivity (Wildman–Crippen MR) is 79.6 cm³/mol. The molecule has 1 heterocycles. The molecule has 0 fully saturated rings. The van der Waals surface area contributed by atoms with Gasteiger partial charge in [-0.2, -0.15) is 15.0 Å². The lowest BCUT2D eigenvalue weighted by Gasteiger charge is -2.14. The Bertz CT molecular complexity index is 518. The Hall–Kier alpha value is -1.48. The molecule has 114 valence electrons. The minimum absolute atomic E-state index is 0.0382. The highest BCUT2D eigenvalue weighted by Crippen LogP contribution is 2.14. The molecule has 0 saturated heterocycles. The normalized spacial score (nSPS) is 11.7. The number of nitrogens with zero attached hydrogens (tertiary/aromatic N) is 4. The zero-order valence-corrected chi connectivity index (χ0v) is 13.3. The summed E-state index contributed by atoms with van der Waals surface area (Å²) in [5.41, 5.74) is 0. The zero-order chi connectivity index (χ0) is 15.3. The summed E-state index contributed by atoms with van der Waals surface area (Å²) in [6.45, 7) is 4.21. The first-order chi connectivity index (χ1) is 9.25. The smallest absolute Gasteiger partial charge is 0.229 e. The summed E-state index contributed by atoms with van der Waals surface area (Å²) >= 11 is 0. The Morgan fingerprint density at radius 1 is 1.20 bits per heavy atom. The average molecular weight is 302 g/mol. The maximum absolute atomic E-state index is 11.3. The molecule has 20 heavy (non-hydrogen) atoms. The van der Waals surface area contributed by atoms with Crippen molar-refractivity contribution in [3.05, 3.63) is 5.82 Å². The van der Waals surface area contributed by atoms with Gasteiger partial charge in [0.1, 0.15) is 5.82 Å². The Labute approximate surface area is 120 Å². The van der Waals surface area contributed by atoms with Crippen molar-refractivity contribution < 1.29 is 8.42 Å². The number of hydrogen-bond donors (Lipinski definition) is 2. The highest BCUT2D eigenvalue weighted by Gasteiger charge is 2.12. The Balaban J connectivity index is 2.84. The average Bonchev–Trinajstić information content (AvgIpc) is 2.38. The maximum atomic E-state index is 11.3. The molecule has 0 aliphatic rings. The minimum Gasteiger partial charge on any atom is -0.353 e. The van der Waals surface area contributed by atoms with Crippen molar-refractivity contribution in [3.8, 4) is 0 Å². The second-order valence-corrected chi connectivity index (χ2v) is 6.86. The van der Waals surface area contributed by atoms with E-state index in [-0.39, 0.29) is 18.2 Å². The lowest BCUT2D eigenvalue weighted by Crippen LogP contribution is -2.27. The molecule has 0 radical (unpaired) electrons. The first-order valence-corrected chi connectivity index (χ1v) is 7.99. The first kappa shape index (κ1) is 16.6. The van der Waals surface area contributed by atoms with Gasteiger partial charge in [0.25, 0.3) is 0 Å². The highest BCUT2D eigenvalue weighted by atomic mass is 32.2. The van der Waals surface area contributed by atoms with E-state index in [1.54, 1.807) is 4.90 Å². The maximum Gasteiger partial charge on any atom is 0.229 e. The second-order valence-electron chi connectivity index (χ2n) is 4.82. The van der Waals surface area contributed by atoms with Gasteiger partial charge >= 0.3 is 0 Å². The summed E-state index contributed by atoms with van der Waals surface area (Å²) in [5.74, 6) is 1.73. The summed E-state index contributed by atoms with van der Waals surface area (Å²) in [5, 5.41) is 2.92. The number of anilines is 2. The standard InChI is InChI=1S/C11H22N6O2S/c1-8(2)9-14-10(16-11(15-9)17(4)5)13-6-7-20(18,19)12-3/h8,12H,6-7H2,1-5H3,(H,13,14,15,16). The molecule has 0 aliphatic carbocycles. The Morgan fingerprint density at radius 3 is 2.35 bits per heavy atom. The van der Waals surface area contributed by atoms with Crippen molar-refractivity contribution in [3.63, 3.8) is 0 Å². The van der Waals surface area contributed by atoms with Crippen LogP contribution >= 0.6 is 0 Å². The van der Waals surface area contributed by atoms with Crippen LogP contribution in [0.5, 0.6) is 0 Å². The molecule has 1 aromatic rings. The van der Waals surface area contributed by atoms with Crippen LogP contribution in [0.4, 0.5) is 11.9 Å². The van der Waals surface area contributed by atoms with Crippen molar-refractivity contribution in [2.24, 2.45) is 0 Å². The number of rotatable bonds is 7.